The van der Waals surface area contributed by atoms with E-state index in [-0.39, 0.29) is 35.9 Å². The van der Waals surface area contributed by atoms with Gasteiger partial charge in [0.2, 0.25) is 0 Å². The van der Waals surface area contributed by atoms with Crippen LogP contribution >= 0.6 is 24.0 Å². The Kier molecular flexibility index (Phi) is 9.80. The van der Waals surface area contributed by atoms with Gasteiger partial charge in [0, 0.05) is 32.2 Å². The van der Waals surface area contributed by atoms with Crippen molar-refractivity contribution in [1.82, 2.24) is 15.1 Å². The molecule has 3 fully saturated rings. The summed E-state index contributed by atoms with van der Waals surface area (Å²) in [5.74, 6) is 0.978. The van der Waals surface area contributed by atoms with Gasteiger partial charge in [0.1, 0.15) is 0 Å². The lowest BCUT2D eigenvalue weighted by atomic mass is 9.79. The van der Waals surface area contributed by atoms with Gasteiger partial charge in [0.25, 0.3) is 0 Å². The van der Waals surface area contributed by atoms with Gasteiger partial charge in [-0.3, -0.25) is 14.7 Å². The number of esters is 1. The molecule has 2 saturated heterocycles. The maximum Gasteiger partial charge on any atom is 0.308 e. The zero-order valence-electron chi connectivity index (χ0n) is 17.8. The monoisotopic (exact) mass is 506 g/mol. The van der Waals surface area contributed by atoms with Gasteiger partial charge in [-0.1, -0.05) is 25.7 Å². The zero-order valence-corrected chi connectivity index (χ0v) is 20.1. The number of rotatable bonds is 4. The lowest BCUT2D eigenvalue weighted by Crippen LogP contribution is -2.59. The summed E-state index contributed by atoms with van der Waals surface area (Å²) in [6.07, 6.45) is 12.5. The molecular formula is C21H39IN4O2. The van der Waals surface area contributed by atoms with E-state index in [0.29, 0.717) is 5.54 Å². The molecule has 0 aromatic carbocycles. The van der Waals surface area contributed by atoms with Crippen molar-refractivity contribution in [3.8, 4) is 0 Å². The molecule has 3 rings (SSSR count). The number of halogens is 1. The average Bonchev–Trinajstić information content (AvgIpc) is 2.75. The third-order valence-corrected chi connectivity index (χ3v) is 6.93. The van der Waals surface area contributed by atoms with Gasteiger partial charge < -0.3 is 15.0 Å². The van der Waals surface area contributed by atoms with Crippen molar-refractivity contribution in [3.63, 3.8) is 0 Å². The second-order valence-electron chi connectivity index (χ2n) is 8.52. The summed E-state index contributed by atoms with van der Waals surface area (Å²) < 4.78 is 4.91. The van der Waals surface area contributed by atoms with Crippen LogP contribution in [0.15, 0.2) is 4.99 Å². The molecule has 0 unspecified atom stereocenters. The van der Waals surface area contributed by atoms with E-state index in [2.05, 4.69) is 20.1 Å². The molecule has 6 nitrogen and oxygen atoms in total. The number of methoxy groups -OCH3 is 1. The third-order valence-electron chi connectivity index (χ3n) is 6.93. The van der Waals surface area contributed by atoms with Gasteiger partial charge in [-0.2, -0.15) is 0 Å². The highest BCUT2D eigenvalue weighted by Crippen LogP contribution is 2.35. The van der Waals surface area contributed by atoms with Crippen LogP contribution in [-0.4, -0.2) is 74.1 Å². The Morgan fingerprint density at radius 2 is 1.64 bits per heavy atom. The van der Waals surface area contributed by atoms with Crippen molar-refractivity contribution in [1.29, 1.82) is 0 Å². The number of hydrogen-bond donors (Lipinski definition) is 1. The summed E-state index contributed by atoms with van der Waals surface area (Å²) in [6, 6.07) is 0. The molecule has 28 heavy (non-hydrogen) atoms. The first kappa shape index (κ1) is 23.7. The highest BCUT2D eigenvalue weighted by atomic mass is 127. The first-order valence-corrected chi connectivity index (χ1v) is 11.0. The van der Waals surface area contributed by atoms with Crippen molar-refractivity contribution in [3.05, 3.63) is 0 Å². The SMILES string of the molecule is CN=C(NCC1(N2CCCCC2)CCCCC1)N1CCC(C(=O)OC)CC1.I. The van der Waals surface area contributed by atoms with E-state index in [4.69, 9.17) is 4.74 Å². The van der Waals surface area contributed by atoms with Crippen LogP contribution in [0.1, 0.15) is 64.2 Å². The molecule has 0 radical (unpaired) electrons. The standard InChI is InChI=1S/C21H38N4O2.HI/c1-22-20(24-15-9-18(10-16-24)19(26)27-2)23-17-21(11-5-3-6-12-21)25-13-7-4-8-14-25;/h18H,3-17H2,1-2H3,(H,22,23);1H. The number of aliphatic imine (C=N–C) groups is 1. The van der Waals surface area contributed by atoms with Crippen molar-refractivity contribution in [2.45, 2.75) is 69.7 Å². The lowest BCUT2D eigenvalue weighted by Gasteiger charge is -2.49. The molecule has 0 bridgehead atoms. The summed E-state index contributed by atoms with van der Waals surface area (Å²) in [5.41, 5.74) is 0.305. The molecule has 1 saturated carbocycles. The van der Waals surface area contributed by atoms with E-state index in [1.807, 2.05) is 7.05 Å². The second kappa shape index (κ2) is 11.6. The molecule has 0 aromatic rings. The zero-order chi connectivity index (χ0) is 19.1. The van der Waals surface area contributed by atoms with Crippen molar-refractivity contribution >= 4 is 35.9 Å². The quantitative estimate of drug-likeness (QED) is 0.275. The molecule has 0 aromatic heterocycles. The van der Waals surface area contributed by atoms with E-state index in [1.165, 1.54) is 71.6 Å². The third kappa shape index (κ3) is 5.74. The predicted molar refractivity (Wildman–Crippen MR) is 124 cm³/mol. The molecular weight excluding hydrogens is 467 g/mol. The minimum Gasteiger partial charge on any atom is -0.469 e. The van der Waals surface area contributed by atoms with E-state index in [9.17, 15) is 4.79 Å². The predicted octanol–water partition coefficient (Wildman–Crippen LogP) is 3.25. The number of nitrogens with zero attached hydrogens (tertiary/aromatic N) is 3. The Balaban J connectivity index is 0.00000280. The van der Waals surface area contributed by atoms with Gasteiger partial charge in [-0.05, 0) is 51.6 Å². The van der Waals surface area contributed by atoms with Crippen LogP contribution in [0.2, 0.25) is 0 Å². The number of piperidine rings is 2. The Bertz CT molecular complexity index is 509. The van der Waals surface area contributed by atoms with Gasteiger partial charge in [-0.25, -0.2) is 0 Å². The highest BCUT2D eigenvalue weighted by molar-refractivity contribution is 14.0. The fourth-order valence-corrected chi connectivity index (χ4v) is 5.25. The minimum atomic E-state index is -0.0659. The fraction of sp³-hybridized carbons (Fsp3) is 0.905. The van der Waals surface area contributed by atoms with Crippen molar-refractivity contribution in [2.24, 2.45) is 10.9 Å². The summed E-state index contributed by atoms with van der Waals surface area (Å²) in [4.78, 5) is 21.4. The van der Waals surface area contributed by atoms with Crippen LogP contribution in [0.25, 0.3) is 0 Å². The average molecular weight is 506 g/mol. The van der Waals surface area contributed by atoms with E-state index in [1.54, 1.807) is 0 Å². The minimum absolute atomic E-state index is 0. The number of likely N-dealkylation sites (tertiary alicyclic amines) is 2. The molecule has 0 amide bonds. The number of hydrogen-bond acceptors (Lipinski definition) is 4. The maximum atomic E-state index is 11.8. The Morgan fingerprint density at radius 1 is 1.04 bits per heavy atom. The Labute approximate surface area is 187 Å². The van der Waals surface area contributed by atoms with Crippen LogP contribution in [0.5, 0.6) is 0 Å². The molecule has 2 heterocycles. The van der Waals surface area contributed by atoms with Crippen LogP contribution in [-0.2, 0) is 9.53 Å². The summed E-state index contributed by atoms with van der Waals surface area (Å²) in [6.45, 7) is 5.25. The van der Waals surface area contributed by atoms with Crippen LogP contribution in [0.4, 0.5) is 0 Å². The lowest BCUT2D eigenvalue weighted by molar-refractivity contribution is -0.146. The number of guanidine groups is 1. The van der Waals surface area contributed by atoms with E-state index < -0.39 is 0 Å². The Morgan fingerprint density at radius 3 is 2.21 bits per heavy atom. The van der Waals surface area contributed by atoms with Crippen LogP contribution < -0.4 is 5.32 Å². The van der Waals surface area contributed by atoms with Gasteiger partial charge in [-0.15, -0.1) is 24.0 Å². The van der Waals surface area contributed by atoms with Crippen molar-refractivity contribution in [2.75, 3.05) is 46.9 Å². The van der Waals surface area contributed by atoms with E-state index in [0.717, 1.165) is 38.4 Å². The summed E-state index contributed by atoms with van der Waals surface area (Å²) in [7, 11) is 3.36. The van der Waals surface area contributed by atoms with E-state index >= 15 is 0 Å². The molecule has 0 atom stereocenters. The van der Waals surface area contributed by atoms with Gasteiger partial charge >= 0.3 is 5.97 Å². The molecule has 0 spiro atoms. The first-order chi connectivity index (χ1) is 13.2. The number of carbonyl (C=O) groups is 1. The molecule has 1 aliphatic carbocycles. The second-order valence-corrected chi connectivity index (χ2v) is 8.52. The largest absolute Gasteiger partial charge is 0.469 e. The number of nitrogens with one attached hydrogen (secondary N) is 1. The molecule has 162 valence electrons. The summed E-state index contributed by atoms with van der Waals surface area (Å²) >= 11 is 0. The topological polar surface area (TPSA) is 57.2 Å². The number of ether oxygens (including phenoxy) is 1. The van der Waals surface area contributed by atoms with Crippen molar-refractivity contribution < 1.29 is 9.53 Å². The van der Waals surface area contributed by atoms with Crippen LogP contribution in [0.3, 0.4) is 0 Å². The fourth-order valence-electron chi connectivity index (χ4n) is 5.25. The molecule has 3 aliphatic rings. The normalized spacial score (nSPS) is 24.4. The first-order valence-electron chi connectivity index (χ1n) is 11.0. The Hall–Kier alpha value is -0.570. The van der Waals surface area contributed by atoms with Gasteiger partial charge in [0.15, 0.2) is 5.96 Å². The smallest absolute Gasteiger partial charge is 0.308 e. The molecule has 7 heteroatoms. The molecule has 1 N–H and O–H groups in total. The number of carbonyl (C=O) groups excluding carboxylic acids is 1. The maximum absolute atomic E-state index is 11.8. The van der Waals surface area contributed by atoms with Crippen LogP contribution in [0, 0.1) is 5.92 Å². The summed E-state index contributed by atoms with van der Waals surface area (Å²) in [5, 5.41) is 3.72. The highest BCUT2D eigenvalue weighted by Gasteiger charge is 2.38. The molecule has 2 aliphatic heterocycles. The van der Waals surface area contributed by atoms with Gasteiger partial charge in [0.05, 0.1) is 13.0 Å².